The van der Waals surface area contributed by atoms with Gasteiger partial charge in [0.05, 0.1) is 0 Å². The summed E-state index contributed by atoms with van der Waals surface area (Å²) in [5.74, 6) is 1.39. The lowest BCUT2D eigenvalue weighted by molar-refractivity contribution is 0.553. The van der Waals surface area contributed by atoms with Crippen molar-refractivity contribution >= 4 is 10.8 Å². The van der Waals surface area contributed by atoms with Crippen LogP contribution < -0.4 is 0 Å². The van der Waals surface area contributed by atoms with Crippen LogP contribution in [0.3, 0.4) is 0 Å². The predicted octanol–water partition coefficient (Wildman–Crippen LogP) is 3.94. The molecule has 70 valence electrons. The summed E-state index contributed by atoms with van der Waals surface area (Å²) in [5, 5.41) is 2.91. The summed E-state index contributed by atoms with van der Waals surface area (Å²) in [6.45, 7) is 4.61. The smallest absolute Gasteiger partial charge is 0.0125 e. The van der Waals surface area contributed by atoms with E-state index in [9.17, 15) is 0 Å². The molecule has 2 aromatic rings. The predicted molar refractivity (Wildman–Crippen MR) is 60.6 cm³/mol. The van der Waals surface area contributed by atoms with Crippen LogP contribution in [0.5, 0.6) is 0 Å². The lowest BCUT2D eigenvalue weighted by Gasteiger charge is -2.33. The molecule has 0 bridgehead atoms. The summed E-state index contributed by atoms with van der Waals surface area (Å²) in [5.41, 5.74) is 3.10. The topological polar surface area (TPSA) is 0 Å². The van der Waals surface area contributed by atoms with Gasteiger partial charge in [-0.15, -0.1) is 0 Å². The van der Waals surface area contributed by atoms with Gasteiger partial charge in [0.15, 0.2) is 0 Å². The Bertz CT molecular complexity index is 456. The molecule has 0 heterocycles. The van der Waals surface area contributed by atoms with E-state index in [1.165, 1.54) is 10.8 Å². The molecule has 0 saturated heterocycles. The lowest BCUT2D eigenvalue weighted by Crippen LogP contribution is -2.17. The van der Waals surface area contributed by atoms with Gasteiger partial charge in [-0.2, -0.15) is 0 Å². The third-order valence-corrected chi connectivity index (χ3v) is 3.31. The van der Waals surface area contributed by atoms with Crippen molar-refractivity contribution in [2.45, 2.75) is 19.8 Å². The van der Waals surface area contributed by atoms with Crippen LogP contribution >= 0.6 is 0 Å². The molecule has 0 aliphatic heterocycles. The van der Waals surface area contributed by atoms with E-state index >= 15 is 0 Å². The van der Waals surface area contributed by atoms with Crippen LogP contribution in [0, 0.1) is 5.92 Å². The van der Waals surface area contributed by atoms with Crippen molar-refractivity contribution in [3.63, 3.8) is 0 Å². The van der Waals surface area contributed by atoms with Gasteiger partial charge in [-0.3, -0.25) is 0 Å². The Morgan fingerprint density at radius 2 is 1.50 bits per heavy atom. The quantitative estimate of drug-likeness (QED) is 0.626. The molecule has 0 saturated carbocycles. The lowest BCUT2D eigenvalue weighted by atomic mass is 9.70. The first-order valence-corrected chi connectivity index (χ1v) is 5.30. The van der Waals surface area contributed by atoms with E-state index in [1.807, 2.05) is 0 Å². The molecule has 1 aliphatic carbocycles. The summed E-state index contributed by atoms with van der Waals surface area (Å²) in [6, 6.07) is 13.3. The highest BCUT2D eigenvalue weighted by Crippen LogP contribution is 2.47. The molecule has 2 aromatic carbocycles. The van der Waals surface area contributed by atoms with Crippen LogP contribution in [0.25, 0.3) is 10.8 Å². The van der Waals surface area contributed by atoms with Crippen molar-refractivity contribution in [3.8, 4) is 0 Å². The van der Waals surface area contributed by atoms with Crippen molar-refractivity contribution in [1.29, 1.82) is 0 Å². The van der Waals surface area contributed by atoms with Crippen LogP contribution in [-0.2, 0) is 0 Å². The first-order chi connectivity index (χ1) is 6.79. The second-order valence-electron chi connectivity index (χ2n) is 4.51. The fraction of sp³-hybridized carbons (Fsp3) is 0.286. The molecule has 0 radical (unpaired) electrons. The summed E-state index contributed by atoms with van der Waals surface area (Å²) in [6.07, 6.45) is 0. The van der Waals surface area contributed by atoms with Crippen molar-refractivity contribution in [3.05, 3.63) is 47.5 Å². The van der Waals surface area contributed by atoms with E-state index < -0.39 is 0 Å². The zero-order chi connectivity index (χ0) is 9.71. The van der Waals surface area contributed by atoms with Crippen LogP contribution in [-0.4, -0.2) is 0 Å². The van der Waals surface area contributed by atoms with Gasteiger partial charge in [0, 0.05) is 5.92 Å². The van der Waals surface area contributed by atoms with Gasteiger partial charge < -0.3 is 0 Å². The second-order valence-corrected chi connectivity index (χ2v) is 4.51. The van der Waals surface area contributed by atoms with E-state index in [4.69, 9.17) is 0 Å². The molecule has 3 rings (SSSR count). The summed E-state index contributed by atoms with van der Waals surface area (Å²) >= 11 is 0. The maximum Gasteiger partial charge on any atom is 0.0125 e. The van der Waals surface area contributed by atoms with Gasteiger partial charge in [0.1, 0.15) is 0 Å². The summed E-state index contributed by atoms with van der Waals surface area (Å²) in [4.78, 5) is 0. The van der Waals surface area contributed by atoms with E-state index in [1.54, 1.807) is 11.1 Å². The van der Waals surface area contributed by atoms with Crippen LogP contribution in [0.4, 0.5) is 0 Å². The first kappa shape index (κ1) is 8.05. The van der Waals surface area contributed by atoms with E-state index in [0.717, 1.165) is 5.92 Å². The SMILES string of the molecule is CC(C)C1c2cccc3cccc1c23. The Morgan fingerprint density at radius 1 is 0.929 bits per heavy atom. The normalized spacial score (nSPS) is 14.8. The van der Waals surface area contributed by atoms with Crippen LogP contribution in [0.15, 0.2) is 36.4 Å². The van der Waals surface area contributed by atoms with Crippen molar-refractivity contribution in [2.75, 3.05) is 0 Å². The van der Waals surface area contributed by atoms with E-state index in [2.05, 4.69) is 50.2 Å². The van der Waals surface area contributed by atoms with Gasteiger partial charge >= 0.3 is 0 Å². The zero-order valence-corrected chi connectivity index (χ0v) is 8.62. The van der Waals surface area contributed by atoms with Crippen molar-refractivity contribution < 1.29 is 0 Å². The Kier molecular flexibility index (Phi) is 1.49. The minimum absolute atomic E-state index is 0.676. The average Bonchev–Trinajstić information content (AvgIpc) is 2.15. The Labute approximate surface area is 84.6 Å². The molecule has 0 N–H and O–H groups in total. The maximum absolute atomic E-state index is 2.30. The van der Waals surface area contributed by atoms with Gasteiger partial charge in [0.2, 0.25) is 0 Å². The molecular formula is C14H14. The number of hydrogen-bond acceptors (Lipinski definition) is 0. The summed E-state index contributed by atoms with van der Waals surface area (Å²) in [7, 11) is 0. The summed E-state index contributed by atoms with van der Waals surface area (Å²) < 4.78 is 0. The molecule has 0 atom stereocenters. The minimum Gasteiger partial charge on any atom is -0.0619 e. The molecule has 1 aliphatic rings. The van der Waals surface area contributed by atoms with E-state index in [-0.39, 0.29) is 0 Å². The van der Waals surface area contributed by atoms with Crippen molar-refractivity contribution in [2.24, 2.45) is 5.92 Å². The van der Waals surface area contributed by atoms with Gasteiger partial charge in [0.25, 0.3) is 0 Å². The standard InChI is InChI=1S/C14H14/c1-9(2)13-11-7-3-5-10-6-4-8-12(13)14(10)11/h3-9,13H,1-2H3. The van der Waals surface area contributed by atoms with Crippen LogP contribution in [0.1, 0.15) is 30.9 Å². The van der Waals surface area contributed by atoms with Gasteiger partial charge in [-0.1, -0.05) is 50.2 Å². The highest BCUT2D eigenvalue weighted by molar-refractivity contribution is 5.95. The third-order valence-electron chi connectivity index (χ3n) is 3.31. The second kappa shape index (κ2) is 2.60. The van der Waals surface area contributed by atoms with Gasteiger partial charge in [-0.25, -0.2) is 0 Å². The largest absolute Gasteiger partial charge is 0.0619 e. The minimum atomic E-state index is 0.676. The third kappa shape index (κ3) is 0.836. The Hall–Kier alpha value is -1.30. The molecule has 0 aromatic heterocycles. The molecule has 0 heteroatoms. The molecule has 0 amide bonds. The molecule has 0 fully saturated rings. The molecule has 0 nitrogen and oxygen atoms in total. The average molecular weight is 182 g/mol. The number of benzene rings is 2. The van der Waals surface area contributed by atoms with Crippen LogP contribution in [0.2, 0.25) is 0 Å². The fourth-order valence-electron chi connectivity index (χ4n) is 2.73. The van der Waals surface area contributed by atoms with E-state index in [0.29, 0.717) is 5.92 Å². The monoisotopic (exact) mass is 182 g/mol. The zero-order valence-electron chi connectivity index (χ0n) is 8.62. The van der Waals surface area contributed by atoms with Crippen molar-refractivity contribution in [1.82, 2.24) is 0 Å². The molecule has 14 heavy (non-hydrogen) atoms. The molecule has 0 unspecified atom stereocenters. The highest BCUT2D eigenvalue weighted by Gasteiger charge is 2.30. The van der Waals surface area contributed by atoms with Gasteiger partial charge in [-0.05, 0) is 27.8 Å². The Balaban J connectivity index is 2.32. The fourth-order valence-corrected chi connectivity index (χ4v) is 2.73. The maximum atomic E-state index is 2.30. The number of hydrogen-bond donors (Lipinski definition) is 0. The molecule has 0 spiro atoms. The Morgan fingerprint density at radius 3 is 2.00 bits per heavy atom. The number of rotatable bonds is 1. The highest BCUT2D eigenvalue weighted by atomic mass is 14.3. The first-order valence-electron chi connectivity index (χ1n) is 5.30. The molecular weight excluding hydrogens is 168 g/mol.